The van der Waals surface area contributed by atoms with Gasteiger partial charge in [-0.2, -0.15) is 0 Å². The SMILES string of the molecule is Cc1ccccc1N1C(=O)OCC1CC(=O)O. The highest BCUT2D eigenvalue weighted by Crippen LogP contribution is 2.27. The summed E-state index contributed by atoms with van der Waals surface area (Å²) in [6.45, 7) is 2.00. The summed E-state index contributed by atoms with van der Waals surface area (Å²) < 4.78 is 4.91. The molecule has 1 atom stereocenters. The lowest BCUT2D eigenvalue weighted by Crippen LogP contribution is -2.35. The predicted molar refractivity (Wildman–Crippen MR) is 61.0 cm³/mol. The molecule has 0 aromatic heterocycles. The quantitative estimate of drug-likeness (QED) is 0.867. The highest BCUT2D eigenvalue weighted by Gasteiger charge is 2.36. The Kier molecular flexibility index (Phi) is 2.99. The second-order valence-electron chi connectivity index (χ2n) is 3.99. The number of hydrogen-bond donors (Lipinski definition) is 1. The number of carboxylic acids is 1. The molecule has 1 aromatic rings. The van der Waals surface area contributed by atoms with Gasteiger partial charge in [-0.15, -0.1) is 0 Å². The van der Waals surface area contributed by atoms with Crippen LogP contribution in [0.1, 0.15) is 12.0 Å². The Hall–Kier alpha value is -2.04. The molecule has 1 amide bonds. The molecule has 1 N–H and O–H groups in total. The topological polar surface area (TPSA) is 66.8 Å². The molecule has 1 aliphatic rings. The van der Waals surface area contributed by atoms with Crippen molar-refractivity contribution >= 4 is 17.7 Å². The van der Waals surface area contributed by atoms with Crippen molar-refractivity contribution in [2.45, 2.75) is 19.4 Å². The van der Waals surface area contributed by atoms with Crippen LogP contribution in [0.5, 0.6) is 0 Å². The first kappa shape index (κ1) is 11.4. The van der Waals surface area contributed by atoms with Gasteiger partial charge in [-0.25, -0.2) is 4.79 Å². The van der Waals surface area contributed by atoms with E-state index in [4.69, 9.17) is 9.84 Å². The number of nitrogens with zero attached hydrogens (tertiary/aromatic N) is 1. The Bertz CT molecular complexity index is 458. The normalized spacial score (nSPS) is 19.2. The largest absolute Gasteiger partial charge is 0.481 e. The average molecular weight is 235 g/mol. The maximum atomic E-state index is 11.6. The maximum absolute atomic E-state index is 11.6. The van der Waals surface area contributed by atoms with E-state index in [0.29, 0.717) is 5.69 Å². The van der Waals surface area contributed by atoms with Crippen LogP contribution < -0.4 is 4.90 Å². The maximum Gasteiger partial charge on any atom is 0.414 e. The van der Waals surface area contributed by atoms with Gasteiger partial charge >= 0.3 is 12.1 Å². The van der Waals surface area contributed by atoms with E-state index < -0.39 is 18.1 Å². The zero-order chi connectivity index (χ0) is 12.4. The second-order valence-corrected chi connectivity index (χ2v) is 3.99. The molecule has 0 spiro atoms. The van der Waals surface area contributed by atoms with Crippen molar-refractivity contribution in [3.8, 4) is 0 Å². The molecule has 1 heterocycles. The molecule has 1 fully saturated rings. The van der Waals surface area contributed by atoms with Gasteiger partial charge in [-0.1, -0.05) is 18.2 Å². The van der Waals surface area contributed by atoms with Crippen molar-refractivity contribution in [1.29, 1.82) is 0 Å². The van der Waals surface area contributed by atoms with Crippen LogP contribution in [0.2, 0.25) is 0 Å². The van der Waals surface area contributed by atoms with Crippen molar-refractivity contribution in [3.63, 3.8) is 0 Å². The molecule has 1 aliphatic heterocycles. The Morgan fingerprint density at radius 1 is 1.53 bits per heavy atom. The molecular formula is C12H13NO4. The van der Waals surface area contributed by atoms with E-state index in [1.807, 2.05) is 25.1 Å². The van der Waals surface area contributed by atoms with Crippen molar-refractivity contribution in [2.75, 3.05) is 11.5 Å². The zero-order valence-corrected chi connectivity index (χ0v) is 9.42. The number of rotatable bonds is 3. The third-order valence-electron chi connectivity index (χ3n) is 2.75. The number of aliphatic carboxylic acids is 1. The molecule has 0 aliphatic carbocycles. The van der Waals surface area contributed by atoms with E-state index in [1.54, 1.807) is 6.07 Å². The second kappa shape index (κ2) is 4.45. The fraction of sp³-hybridized carbons (Fsp3) is 0.333. The number of anilines is 1. The van der Waals surface area contributed by atoms with Crippen LogP contribution in [0.15, 0.2) is 24.3 Å². The number of benzene rings is 1. The number of ether oxygens (including phenoxy) is 1. The number of hydrogen-bond acceptors (Lipinski definition) is 3. The lowest BCUT2D eigenvalue weighted by Gasteiger charge is -2.21. The van der Waals surface area contributed by atoms with Gasteiger partial charge < -0.3 is 9.84 Å². The van der Waals surface area contributed by atoms with Gasteiger partial charge in [-0.05, 0) is 18.6 Å². The first-order valence-electron chi connectivity index (χ1n) is 5.33. The standard InChI is InChI=1S/C12H13NO4/c1-8-4-2-3-5-10(8)13-9(6-11(14)15)7-17-12(13)16/h2-5,9H,6-7H2,1H3,(H,14,15). The van der Waals surface area contributed by atoms with Gasteiger partial charge in [0, 0.05) is 0 Å². The molecule has 1 aromatic carbocycles. The van der Waals surface area contributed by atoms with Crippen LogP contribution in [0.25, 0.3) is 0 Å². The van der Waals surface area contributed by atoms with Crippen LogP contribution >= 0.6 is 0 Å². The minimum atomic E-state index is -0.938. The van der Waals surface area contributed by atoms with Crippen LogP contribution in [0.3, 0.4) is 0 Å². The van der Waals surface area contributed by atoms with Crippen molar-refractivity contribution in [2.24, 2.45) is 0 Å². The summed E-state index contributed by atoms with van der Waals surface area (Å²) in [5.74, 6) is -0.938. The van der Waals surface area contributed by atoms with Crippen LogP contribution in [-0.2, 0) is 9.53 Å². The van der Waals surface area contributed by atoms with E-state index >= 15 is 0 Å². The summed E-state index contributed by atoms with van der Waals surface area (Å²) in [4.78, 5) is 23.8. The van der Waals surface area contributed by atoms with E-state index in [1.165, 1.54) is 4.90 Å². The highest BCUT2D eigenvalue weighted by molar-refractivity contribution is 5.92. The first-order valence-corrected chi connectivity index (χ1v) is 5.33. The van der Waals surface area contributed by atoms with Gasteiger partial charge in [0.2, 0.25) is 0 Å². The molecule has 17 heavy (non-hydrogen) atoms. The van der Waals surface area contributed by atoms with Gasteiger partial charge in [-0.3, -0.25) is 9.69 Å². The Labute approximate surface area is 98.6 Å². The van der Waals surface area contributed by atoms with Gasteiger partial charge in [0.05, 0.1) is 18.2 Å². The van der Waals surface area contributed by atoms with E-state index in [9.17, 15) is 9.59 Å². The number of amides is 1. The number of carbonyl (C=O) groups is 2. The van der Waals surface area contributed by atoms with Crippen molar-refractivity contribution in [1.82, 2.24) is 0 Å². The molecule has 0 radical (unpaired) electrons. The number of cyclic esters (lactones) is 1. The molecular weight excluding hydrogens is 222 g/mol. The number of para-hydroxylation sites is 1. The van der Waals surface area contributed by atoms with Crippen LogP contribution in [0, 0.1) is 6.92 Å². The first-order chi connectivity index (χ1) is 8.09. The molecule has 5 nitrogen and oxygen atoms in total. The van der Waals surface area contributed by atoms with E-state index in [-0.39, 0.29) is 13.0 Å². The Balaban J connectivity index is 2.31. The fourth-order valence-electron chi connectivity index (χ4n) is 1.94. The minimum Gasteiger partial charge on any atom is -0.481 e. The average Bonchev–Trinajstić information content (AvgIpc) is 2.60. The summed E-state index contributed by atoms with van der Waals surface area (Å²) in [6.07, 6.45) is -0.592. The molecule has 0 bridgehead atoms. The number of carbonyl (C=O) groups excluding carboxylic acids is 1. The summed E-state index contributed by atoms with van der Waals surface area (Å²) in [5.41, 5.74) is 1.63. The summed E-state index contributed by atoms with van der Waals surface area (Å²) in [6, 6.07) is 6.91. The molecule has 90 valence electrons. The van der Waals surface area contributed by atoms with Crippen molar-refractivity contribution < 1.29 is 19.4 Å². The number of carboxylic acid groups (broad SMARTS) is 1. The summed E-state index contributed by atoms with van der Waals surface area (Å²) >= 11 is 0. The van der Waals surface area contributed by atoms with E-state index in [0.717, 1.165) is 5.56 Å². The Morgan fingerprint density at radius 2 is 2.24 bits per heavy atom. The van der Waals surface area contributed by atoms with Crippen LogP contribution in [-0.4, -0.2) is 29.8 Å². The lowest BCUT2D eigenvalue weighted by molar-refractivity contribution is -0.137. The van der Waals surface area contributed by atoms with Gasteiger partial charge in [0.1, 0.15) is 6.61 Å². The van der Waals surface area contributed by atoms with Crippen LogP contribution in [0.4, 0.5) is 10.5 Å². The summed E-state index contributed by atoms with van der Waals surface area (Å²) in [5, 5.41) is 8.80. The fourth-order valence-corrected chi connectivity index (χ4v) is 1.94. The predicted octanol–water partition coefficient (Wildman–Crippen LogP) is 1.79. The zero-order valence-electron chi connectivity index (χ0n) is 9.42. The van der Waals surface area contributed by atoms with Gasteiger partial charge in [0.25, 0.3) is 0 Å². The highest BCUT2D eigenvalue weighted by atomic mass is 16.6. The smallest absolute Gasteiger partial charge is 0.414 e. The minimum absolute atomic E-state index is 0.111. The van der Waals surface area contributed by atoms with Crippen molar-refractivity contribution in [3.05, 3.63) is 29.8 Å². The Morgan fingerprint density at radius 3 is 2.88 bits per heavy atom. The van der Waals surface area contributed by atoms with E-state index in [2.05, 4.69) is 0 Å². The number of aryl methyl sites for hydroxylation is 1. The third-order valence-corrected chi connectivity index (χ3v) is 2.75. The lowest BCUT2D eigenvalue weighted by atomic mass is 10.1. The molecule has 2 rings (SSSR count). The third kappa shape index (κ3) is 2.22. The monoisotopic (exact) mass is 235 g/mol. The molecule has 1 saturated heterocycles. The summed E-state index contributed by atoms with van der Waals surface area (Å²) in [7, 11) is 0. The van der Waals surface area contributed by atoms with Gasteiger partial charge in [0.15, 0.2) is 0 Å². The molecule has 0 saturated carbocycles. The molecule has 1 unspecified atom stereocenters. The molecule has 5 heteroatoms.